The predicted octanol–water partition coefficient (Wildman–Crippen LogP) is 2.45. The van der Waals surface area contributed by atoms with Crippen LogP contribution < -0.4 is 5.73 Å². The average Bonchev–Trinajstić information content (AvgIpc) is 2.78. The number of rotatable bonds is 4. The van der Waals surface area contributed by atoms with Gasteiger partial charge in [-0.2, -0.15) is 4.98 Å². The van der Waals surface area contributed by atoms with Gasteiger partial charge in [0.2, 0.25) is 11.7 Å². The van der Waals surface area contributed by atoms with Gasteiger partial charge in [0.1, 0.15) is 0 Å². The van der Waals surface area contributed by atoms with E-state index in [1.165, 1.54) is 12.1 Å². The topological polar surface area (TPSA) is 105 Å². The lowest BCUT2D eigenvalue weighted by atomic mass is 9.87. The van der Waals surface area contributed by atoms with Crippen LogP contribution in [0.2, 0.25) is 0 Å². The summed E-state index contributed by atoms with van der Waals surface area (Å²) < 4.78 is 5.19. The van der Waals surface area contributed by atoms with E-state index in [9.17, 15) is 10.2 Å². The maximum absolute atomic E-state index is 9.49. The lowest BCUT2D eigenvalue weighted by molar-refractivity contribution is 0.313. The largest absolute Gasteiger partial charge is 0.504 e. The van der Waals surface area contributed by atoms with Crippen LogP contribution in [0.15, 0.2) is 22.7 Å². The molecule has 0 aliphatic heterocycles. The van der Waals surface area contributed by atoms with Gasteiger partial charge in [-0.05, 0) is 30.0 Å². The molecule has 6 heteroatoms. The van der Waals surface area contributed by atoms with E-state index in [-0.39, 0.29) is 23.0 Å². The second kappa shape index (κ2) is 5.73. The molecular weight excluding hydrogens is 270 g/mol. The number of benzene rings is 1. The molecule has 114 valence electrons. The number of nitrogens with zero attached hydrogens (tertiary/aromatic N) is 2. The van der Waals surface area contributed by atoms with Crippen LogP contribution in [0.4, 0.5) is 0 Å². The Morgan fingerprint density at radius 1 is 1.24 bits per heavy atom. The molecule has 6 nitrogen and oxygen atoms in total. The van der Waals surface area contributed by atoms with Gasteiger partial charge >= 0.3 is 0 Å². The number of phenols is 2. The van der Waals surface area contributed by atoms with Crippen molar-refractivity contribution < 1.29 is 14.7 Å². The Labute approximate surface area is 123 Å². The van der Waals surface area contributed by atoms with Crippen LogP contribution in [0.1, 0.15) is 33.1 Å². The molecule has 0 amide bonds. The van der Waals surface area contributed by atoms with Gasteiger partial charge in [-0.1, -0.05) is 25.9 Å². The molecule has 2 rings (SSSR count). The zero-order valence-electron chi connectivity index (χ0n) is 12.5. The number of aromatic hydroxyl groups is 2. The molecule has 4 N–H and O–H groups in total. The van der Waals surface area contributed by atoms with Crippen LogP contribution in [-0.2, 0) is 6.42 Å². The van der Waals surface area contributed by atoms with E-state index in [0.717, 1.165) is 6.42 Å². The van der Waals surface area contributed by atoms with Crippen LogP contribution in [0.3, 0.4) is 0 Å². The number of hydrogen-bond acceptors (Lipinski definition) is 6. The smallest absolute Gasteiger partial charge is 0.228 e. The molecular formula is C15H21N3O3. The zero-order chi connectivity index (χ0) is 15.6. The van der Waals surface area contributed by atoms with Crippen molar-refractivity contribution in [2.24, 2.45) is 11.1 Å². The first-order valence-corrected chi connectivity index (χ1v) is 6.85. The summed E-state index contributed by atoms with van der Waals surface area (Å²) in [5, 5.41) is 22.6. The predicted molar refractivity (Wildman–Crippen MR) is 78.8 cm³/mol. The van der Waals surface area contributed by atoms with Crippen LogP contribution >= 0.6 is 0 Å². The Hall–Kier alpha value is -2.08. The fourth-order valence-electron chi connectivity index (χ4n) is 2.20. The summed E-state index contributed by atoms with van der Waals surface area (Å²) >= 11 is 0. The van der Waals surface area contributed by atoms with Crippen molar-refractivity contribution in [1.29, 1.82) is 0 Å². The first kappa shape index (κ1) is 15.3. The third-order valence-electron chi connectivity index (χ3n) is 3.01. The van der Waals surface area contributed by atoms with Gasteiger partial charge in [-0.15, -0.1) is 0 Å². The molecule has 21 heavy (non-hydrogen) atoms. The second-order valence-electron chi connectivity index (χ2n) is 6.44. The van der Waals surface area contributed by atoms with Gasteiger partial charge in [0.25, 0.3) is 0 Å². The van der Waals surface area contributed by atoms with Crippen LogP contribution in [-0.4, -0.2) is 26.4 Å². The Balaban J connectivity index is 2.09. The number of hydrogen-bond donors (Lipinski definition) is 3. The molecule has 2 aromatic rings. The number of nitrogens with two attached hydrogens (primary N) is 1. The van der Waals surface area contributed by atoms with Gasteiger partial charge in [-0.3, -0.25) is 0 Å². The molecule has 1 unspecified atom stereocenters. The van der Waals surface area contributed by atoms with Crippen LogP contribution in [0.25, 0.3) is 11.4 Å². The molecule has 0 radical (unpaired) electrons. The highest BCUT2D eigenvalue weighted by molar-refractivity contribution is 5.59. The highest BCUT2D eigenvalue weighted by Crippen LogP contribution is 2.29. The molecule has 0 aliphatic rings. The van der Waals surface area contributed by atoms with E-state index in [4.69, 9.17) is 10.3 Å². The number of aromatic nitrogens is 2. The van der Waals surface area contributed by atoms with Crippen molar-refractivity contribution in [2.75, 3.05) is 0 Å². The quantitative estimate of drug-likeness (QED) is 0.747. The zero-order valence-corrected chi connectivity index (χ0v) is 12.5. The molecule has 1 aromatic carbocycles. The molecule has 1 aromatic heterocycles. The molecule has 0 spiro atoms. The molecule has 1 atom stereocenters. The maximum Gasteiger partial charge on any atom is 0.228 e. The summed E-state index contributed by atoms with van der Waals surface area (Å²) in [4.78, 5) is 4.27. The Morgan fingerprint density at radius 2 is 1.95 bits per heavy atom. The molecule has 0 aliphatic carbocycles. The molecule has 1 heterocycles. The standard InChI is InChI=1S/C15H21N3O3/c1-15(2,3)8-10(16)7-13-17-14(18-21-13)9-4-5-11(19)12(20)6-9/h4-6,10,19-20H,7-8,16H2,1-3H3. The Morgan fingerprint density at radius 3 is 2.57 bits per heavy atom. The van der Waals surface area contributed by atoms with Crippen LogP contribution in [0.5, 0.6) is 11.5 Å². The van der Waals surface area contributed by atoms with Gasteiger partial charge in [-0.25, -0.2) is 0 Å². The Kier molecular flexibility index (Phi) is 4.18. The minimum atomic E-state index is -0.219. The van der Waals surface area contributed by atoms with Gasteiger partial charge in [0, 0.05) is 18.0 Å². The molecule has 0 saturated heterocycles. The summed E-state index contributed by atoms with van der Waals surface area (Å²) in [6.07, 6.45) is 1.36. The summed E-state index contributed by atoms with van der Waals surface area (Å²) in [6.45, 7) is 6.39. The van der Waals surface area contributed by atoms with Gasteiger partial charge in [0.15, 0.2) is 11.5 Å². The van der Waals surface area contributed by atoms with Crippen LogP contribution in [0, 0.1) is 5.41 Å². The monoisotopic (exact) mass is 291 g/mol. The lowest BCUT2D eigenvalue weighted by Crippen LogP contribution is -2.28. The van der Waals surface area contributed by atoms with Crippen molar-refractivity contribution in [3.05, 3.63) is 24.1 Å². The summed E-state index contributed by atoms with van der Waals surface area (Å²) in [5.41, 5.74) is 6.80. The average molecular weight is 291 g/mol. The summed E-state index contributed by atoms with van der Waals surface area (Å²) in [6, 6.07) is 4.33. The lowest BCUT2D eigenvalue weighted by Gasteiger charge is -2.21. The third-order valence-corrected chi connectivity index (χ3v) is 3.01. The fraction of sp³-hybridized carbons (Fsp3) is 0.467. The first-order chi connectivity index (χ1) is 9.74. The molecule has 0 fully saturated rings. The van der Waals surface area contributed by atoms with Crippen molar-refractivity contribution in [1.82, 2.24) is 10.1 Å². The molecule has 0 bridgehead atoms. The Bertz CT molecular complexity index is 617. The van der Waals surface area contributed by atoms with E-state index in [2.05, 4.69) is 30.9 Å². The van der Waals surface area contributed by atoms with Gasteiger partial charge < -0.3 is 20.5 Å². The van der Waals surface area contributed by atoms with E-state index in [0.29, 0.717) is 23.7 Å². The van der Waals surface area contributed by atoms with Crippen molar-refractivity contribution in [3.8, 4) is 22.9 Å². The number of phenolic OH excluding ortho intramolecular Hbond substituents is 2. The van der Waals surface area contributed by atoms with Gasteiger partial charge in [0.05, 0.1) is 0 Å². The fourth-order valence-corrected chi connectivity index (χ4v) is 2.20. The third kappa shape index (κ3) is 4.19. The first-order valence-electron chi connectivity index (χ1n) is 6.85. The van der Waals surface area contributed by atoms with E-state index in [1.54, 1.807) is 6.07 Å². The normalized spacial score (nSPS) is 13.3. The van der Waals surface area contributed by atoms with E-state index in [1.807, 2.05) is 0 Å². The highest BCUT2D eigenvalue weighted by Gasteiger charge is 2.19. The maximum atomic E-state index is 9.49. The highest BCUT2D eigenvalue weighted by atomic mass is 16.5. The van der Waals surface area contributed by atoms with E-state index >= 15 is 0 Å². The summed E-state index contributed by atoms with van der Waals surface area (Å²) in [7, 11) is 0. The van der Waals surface area contributed by atoms with Crippen molar-refractivity contribution in [3.63, 3.8) is 0 Å². The SMILES string of the molecule is CC(C)(C)CC(N)Cc1nc(-c2ccc(O)c(O)c2)no1. The minimum absolute atomic E-state index is 0.0495. The van der Waals surface area contributed by atoms with E-state index < -0.39 is 0 Å². The minimum Gasteiger partial charge on any atom is -0.504 e. The second-order valence-corrected chi connectivity index (χ2v) is 6.44. The van der Waals surface area contributed by atoms with Crippen molar-refractivity contribution >= 4 is 0 Å². The summed E-state index contributed by atoms with van der Waals surface area (Å²) in [5.74, 6) is 0.426. The molecule has 0 saturated carbocycles. The van der Waals surface area contributed by atoms with Crippen molar-refractivity contribution in [2.45, 2.75) is 39.7 Å².